The highest BCUT2D eigenvalue weighted by Gasteiger charge is 2.56. The first-order valence-electron chi connectivity index (χ1n) is 7.25. The van der Waals surface area contributed by atoms with Gasteiger partial charge in [0.25, 0.3) is 0 Å². The fraction of sp³-hybridized carbons (Fsp3) is 0.176. The number of hydrogen-bond donors (Lipinski definition) is 2. The van der Waals surface area contributed by atoms with Crippen molar-refractivity contribution in [1.29, 1.82) is 0 Å². The van der Waals surface area contributed by atoms with Crippen LogP contribution in [-0.2, 0) is 9.59 Å². The molecule has 0 saturated heterocycles. The highest BCUT2D eigenvalue weighted by molar-refractivity contribution is 6.34. The van der Waals surface area contributed by atoms with Crippen molar-refractivity contribution in [2.24, 2.45) is 5.41 Å². The molecule has 1 aliphatic carbocycles. The van der Waals surface area contributed by atoms with Gasteiger partial charge >= 0.3 is 0 Å². The summed E-state index contributed by atoms with van der Waals surface area (Å²) in [5.74, 6) is -3.11. The van der Waals surface area contributed by atoms with E-state index in [-0.39, 0.29) is 5.69 Å². The second-order valence-electron chi connectivity index (χ2n) is 5.60. The average Bonchev–Trinajstić information content (AvgIpc) is 3.35. The molecule has 3 rings (SSSR count). The van der Waals surface area contributed by atoms with Crippen molar-refractivity contribution >= 4 is 34.8 Å². The molecule has 0 heterocycles. The summed E-state index contributed by atoms with van der Waals surface area (Å²) >= 11 is 5.99. The molecular weight excluding hydrogens is 338 g/mol. The van der Waals surface area contributed by atoms with Crippen LogP contribution >= 0.6 is 11.6 Å². The summed E-state index contributed by atoms with van der Waals surface area (Å²) in [6, 6.07) is 9.70. The van der Waals surface area contributed by atoms with Gasteiger partial charge in [0.05, 0.1) is 10.7 Å². The molecule has 1 fully saturated rings. The Balaban J connectivity index is 1.73. The zero-order valence-corrected chi connectivity index (χ0v) is 13.2. The number of carbonyl (C=O) groups excluding carboxylic acids is 2. The molecule has 2 aromatic carbocycles. The largest absolute Gasteiger partial charge is 0.325 e. The summed E-state index contributed by atoms with van der Waals surface area (Å²) in [5, 5.41) is 5.45. The Morgan fingerprint density at radius 2 is 1.62 bits per heavy atom. The van der Waals surface area contributed by atoms with E-state index in [1.54, 1.807) is 24.3 Å². The lowest BCUT2D eigenvalue weighted by Crippen LogP contribution is -2.35. The standard InChI is InChI=1S/C17H13ClF2N2O2/c18-11-3-1-2-4-14(11)22-16(24)17(7-8-17)15(23)21-10-5-6-12(19)13(20)9-10/h1-6,9H,7-8H2,(H,21,23)(H,22,24). The van der Waals surface area contributed by atoms with Crippen LogP contribution in [-0.4, -0.2) is 11.8 Å². The van der Waals surface area contributed by atoms with E-state index in [1.807, 2.05) is 0 Å². The zero-order chi connectivity index (χ0) is 17.3. The van der Waals surface area contributed by atoms with Crippen LogP contribution in [0.5, 0.6) is 0 Å². The summed E-state index contributed by atoms with van der Waals surface area (Å²) < 4.78 is 26.1. The fourth-order valence-electron chi connectivity index (χ4n) is 2.31. The van der Waals surface area contributed by atoms with E-state index < -0.39 is 28.9 Å². The number of halogens is 3. The van der Waals surface area contributed by atoms with Crippen molar-refractivity contribution < 1.29 is 18.4 Å². The molecule has 124 valence electrons. The van der Waals surface area contributed by atoms with Gasteiger partial charge in [-0.25, -0.2) is 8.78 Å². The number of anilines is 2. The third-order valence-electron chi connectivity index (χ3n) is 3.92. The molecule has 0 aromatic heterocycles. The predicted octanol–water partition coefficient (Wildman–Crippen LogP) is 3.98. The average molecular weight is 351 g/mol. The minimum absolute atomic E-state index is 0.0933. The van der Waals surface area contributed by atoms with Crippen molar-refractivity contribution in [3.8, 4) is 0 Å². The Labute approximate surface area is 141 Å². The SMILES string of the molecule is O=C(Nc1ccc(F)c(F)c1)C1(C(=O)Nc2ccccc2Cl)CC1. The molecule has 2 amide bonds. The van der Waals surface area contributed by atoms with Crippen molar-refractivity contribution in [1.82, 2.24) is 0 Å². The Kier molecular flexibility index (Phi) is 4.24. The normalized spacial score (nSPS) is 14.8. The summed E-state index contributed by atoms with van der Waals surface area (Å²) in [4.78, 5) is 24.8. The molecule has 0 atom stereocenters. The molecule has 1 aliphatic rings. The van der Waals surface area contributed by atoms with Crippen LogP contribution in [0.3, 0.4) is 0 Å². The Hall–Kier alpha value is -2.47. The predicted molar refractivity (Wildman–Crippen MR) is 86.7 cm³/mol. The van der Waals surface area contributed by atoms with E-state index in [9.17, 15) is 18.4 Å². The maximum Gasteiger partial charge on any atom is 0.240 e. The van der Waals surface area contributed by atoms with E-state index in [0.717, 1.165) is 12.1 Å². The number of nitrogens with one attached hydrogen (secondary N) is 2. The molecule has 0 radical (unpaired) electrons. The number of carbonyl (C=O) groups is 2. The molecule has 0 unspecified atom stereocenters. The van der Waals surface area contributed by atoms with E-state index in [2.05, 4.69) is 10.6 Å². The first-order valence-corrected chi connectivity index (χ1v) is 7.63. The van der Waals surface area contributed by atoms with Crippen LogP contribution in [0.15, 0.2) is 42.5 Å². The van der Waals surface area contributed by atoms with Gasteiger partial charge < -0.3 is 10.6 Å². The lowest BCUT2D eigenvalue weighted by atomic mass is 10.0. The maximum atomic E-state index is 13.2. The molecular formula is C17H13ClF2N2O2. The number of benzene rings is 2. The summed E-state index contributed by atoms with van der Waals surface area (Å²) in [6.07, 6.45) is 0.748. The van der Waals surface area contributed by atoms with Gasteiger partial charge in [-0.2, -0.15) is 0 Å². The van der Waals surface area contributed by atoms with Gasteiger partial charge in [0.15, 0.2) is 11.6 Å². The van der Waals surface area contributed by atoms with Crippen LogP contribution in [0.4, 0.5) is 20.2 Å². The molecule has 0 aliphatic heterocycles. The van der Waals surface area contributed by atoms with E-state index in [0.29, 0.717) is 23.6 Å². The molecule has 4 nitrogen and oxygen atoms in total. The third-order valence-corrected chi connectivity index (χ3v) is 4.25. The Bertz CT molecular complexity index is 822. The maximum absolute atomic E-state index is 13.2. The topological polar surface area (TPSA) is 58.2 Å². The monoisotopic (exact) mass is 350 g/mol. The van der Waals surface area contributed by atoms with Crippen LogP contribution < -0.4 is 10.6 Å². The quantitative estimate of drug-likeness (QED) is 0.819. The van der Waals surface area contributed by atoms with Gasteiger partial charge in [-0.05, 0) is 37.1 Å². The number of rotatable bonds is 4. The Morgan fingerprint density at radius 3 is 2.25 bits per heavy atom. The molecule has 0 spiro atoms. The summed E-state index contributed by atoms with van der Waals surface area (Å²) in [6.45, 7) is 0. The molecule has 24 heavy (non-hydrogen) atoms. The lowest BCUT2D eigenvalue weighted by Gasteiger charge is -2.16. The molecule has 2 N–H and O–H groups in total. The minimum atomic E-state index is -1.22. The molecule has 1 saturated carbocycles. The van der Waals surface area contributed by atoms with Gasteiger partial charge in [0.1, 0.15) is 5.41 Å². The van der Waals surface area contributed by atoms with Gasteiger partial charge in [0, 0.05) is 11.8 Å². The lowest BCUT2D eigenvalue weighted by molar-refractivity contribution is -0.131. The number of amides is 2. The van der Waals surface area contributed by atoms with E-state index in [1.165, 1.54) is 6.07 Å². The number of hydrogen-bond acceptors (Lipinski definition) is 2. The molecule has 2 aromatic rings. The van der Waals surface area contributed by atoms with Crippen LogP contribution in [0.1, 0.15) is 12.8 Å². The van der Waals surface area contributed by atoms with Crippen molar-refractivity contribution in [2.75, 3.05) is 10.6 Å². The van der Waals surface area contributed by atoms with Gasteiger partial charge in [-0.15, -0.1) is 0 Å². The van der Waals surface area contributed by atoms with Crippen molar-refractivity contribution in [3.05, 3.63) is 59.1 Å². The fourth-order valence-corrected chi connectivity index (χ4v) is 2.49. The van der Waals surface area contributed by atoms with Crippen LogP contribution in [0.25, 0.3) is 0 Å². The van der Waals surface area contributed by atoms with Crippen molar-refractivity contribution in [3.63, 3.8) is 0 Å². The minimum Gasteiger partial charge on any atom is -0.325 e. The highest BCUT2D eigenvalue weighted by atomic mass is 35.5. The summed E-state index contributed by atoms with van der Waals surface area (Å²) in [7, 11) is 0. The first-order chi connectivity index (χ1) is 11.4. The number of para-hydroxylation sites is 1. The van der Waals surface area contributed by atoms with Crippen LogP contribution in [0, 0.1) is 17.0 Å². The Morgan fingerprint density at radius 1 is 0.958 bits per heavy atom. The van der Waals surface area contributed by atoms with Crippen LogP contribution in [0.2, 0.25) is 5.02 Å². The third kappa shape index (κ3) is 3.10. The molecule has 7 heteroatoms. The van der Waals surface area contributed by atoms with Crippen molar-refractivity contribution in [2.45, 2.75) is 12.8 Å². The second-order valence-corrected chi connectivity index (χ2v) is 6.01. The molecule has 0 bridgehead atoms. The van der Waals surface area contributed by atoms with E-state index >= 15 is 0 Å². The highest BCUT2D eigenvalue weighted by Crippen LogP contribution is 2.47. The zero-order valence-electron chi connectivity index (χ0n) is 12.4. The van der Waals surface area contributed by atoms with Gasteiger partial charge in [0.2, 0.25) is 11.8 Å². The smallest absolute Gasteiger partial charge is 0.240 e. The van der Waals surface area contributed by atoms with Gasteiger partial charge in [-0.1, -0.05) is 23.7 Å². The summed E-state index contributed by atoms with van der Waals surface area (Å²) in [5.41, 5.74) is -0.712. The second kappa shape index (κ2) is 6.20. The van der Waals surface area contributed by atoms with E-state index in [4.69, 9.17) is 11.6 Å². The van der Waals surface area contributed by atoms with Gasteiger partial charge in [-0.3, -0.25) is 9.59 Å². The first kappa shape index (κ1) is 16.4.